The Kier molecular flexibility index (Phi) is 40.1. The van der Waals surface area contributed by atoms with Crippen molar-refractivity contribution in [1.29, 1.82) is 0 Å². The van der Waals surface area contributed by atoms with Gasteiger partial charge in [0.2, 0.25) is 0 Å². The van der Waals surface area contributed by atoms with Gasteiger partial charge in [-0.25, -0.2) is 0 Å². The van der Waals surface area contributed by atoms with Crippen LogP contribution in [0.15, 0.2) is 0 Å². The normalized spacial score (nSPS) is 8.17. The largest absolute Gasteiger partial charge is 2.00 e. The summed E-state index contributed by atoms with van der Waals surface area (Å²) in [6.45, 7) is 12.6. The number of hydrogen-bond donors (Lipinski definition) is 0. The molecule has 0 heterocycles. The summed E-state index contributed by atoms with van der Waals surface area (Å²) >= 11 is 19.6. The molecule has 0 fully saturated rings. The topological polar surface area (TPSA) is 6.48 Å². The molecule has 9 heteroatoms. The van der Waals surface area contributed by atoms with Crippen LogP contribution in [0.5, 0.6) is 0 Å². The molecule has 2 nitrogen and oxygen atoms in total. The second kappa shape index (κ2) is 25.8. The molecule has 0 aromatic heterocycles. The molecule has 0 radical (unpaired) electrons. The van der Waals surface area contributed by atoms with Gasteiger partial charge in [-0.3, -0.25) is 0 Å². The fraction of sp³-hybridized carbons (Fsp3) is 0.857. The Labute approximate surface area is 194 Å². The van der Waals surface area contributed by atoms with Gasteiger partial charge in [0.05, 0.1) is 0 Å². The Bertz CT molecular complexity index is 232. The fourth-order valence-electron chi connectivity index (χ4n) is 1.67. The zero-order chi connectivity index (χ0) is 16.0. The van der Waals surface area contributed by atoms with Crippen molar-refractivity contribution >= 4 is 85.3 Å². The van der Waals surface area contributed by atoms with E-state index in [1.54, 1.807) is 0 Å². The molecule has 0 amide bonds. The SMILES string of the molecule is CCCN(CCC)C(=S)[S-].CCCN(CCC)C(=S)[S-].[Mo].[S-2].[S-2]. The van der Waals surface area contributed by atoms with E-state index in [0.717, 1.165) is 51.9 Å². The van der Waals surface area contributed by atoms with Crippen molar-refractivity contribution in [2.24, 2.45) is 0 Å². The summed E-state index contributed by atoms with van der Waals surface area (Å²) in [5.74, 6) is 0. The zero-order valence-electron chi connectivity index (χ0n) is 14.4. The summed E-state index contributed by atoms with van der Waals surface area (Å²) in [5.41, 5.74) is 0. The number of rotatable bonds is 8. The molecule has 0 unspecified atom stereocenters. The van der Waals surface area contributed by atoms with Gasteiger partial charge in [0.1, 0.15) is 0 Å². The van der Waals surface area contributed by atoms with Crippen LogP contribution in [-0.4, -0.2) is 44.6 Å². The standard InChI is InChI=1S/2C7H15NS2.Mo.2S/c2*1-3-5-8(6-4-2)7(9)10;;;/h2*3-6H2,1-2H3,(H,9,10);;;/q;;;2*-2/p-2. The zero-order valence-corrected chi connectivity index (χ0v) is 21.3. The summed E-state index contributed by atoms with van der Waals surface area (Å²) in [6.07, 6.45) is 4.49. The van der Waals surface area contributed by atoms with Crippen molar-refractivity contribution in [2.45, 2.75) is 53.4 Å². The van der Waals surface area contributed by atoms with Gasteiger partial charge >= 0.3 is 0 Å². The molecule has 0 spiro atoms. The first kappa shape index (κ1) is 35.7. The second-order valence-corrected chi connectivity index (χ2v) is 6.57. The second-order valence-electron chi connectivity index (χ2n) is 4.51. The maximum atomic E-state index is 4.89. The minimum Gasteiger partial charge on any atom is -2.00 e. The third kappa shape index (κ3) is 23.6. The first-order valence-corrected chi connectivity index (χ1v) is 8.99. The van der Waals surface area contributed by atoms with E-state index in [0.29, 0.717) is 8.64 Å². The van der Waals surface area contributed by atoms with E-state index in [2.05, 4.69) is 37.5 Å². The van der Waals surface area contributed by atoms with Gasteiger partial charge in [-0.05, 0) is 25.7 Å². The molecule has 0 atom stereocenters. The molecule has 23 heavy (non-hydrogen) atoms. The van der Waals surface area contributed by atoms with Gasteiger partial charge in [-0.1, -0.05) is 36.3 Å². The van der Waals surface area contributed by atoms with Crippen LogP contribution in [0.1, 0.15) is 53.4 Å². The van der Waals surface area contributed by atoms with Crippen LogP contribution in [0.2, 0.25) is 0 Å². The molecule has 0 aromatic rings. The van der Waals surface area contributed by atoms with E-state index in [1.165, 1.54) is 0 Å². The van der Waals surface area contributed by atoms with E-state index in [9.17, 15) is 0 Å². The van der Waals surface area contributed by atoms with Crippen LogP contribution in [0.25, 0.3) is 0 Å². The molecule has 0 rings (SSSR count). The molecule has 0 bridgehead atoms. The maximum absolute atomic E-state index is 4.89. The monoisotopic (exact) mass is 514 g/mol. The summed E-state index contributed by atoms with van der Waals surface area (Å²) in [7, 11) is 0. The number of thiocarbonyl (C=S) groups is 2. The molecule has 0 saturated heterocycles. The van der Waals surface area contributed by atoms with Gasteiger partial charge < -0.3 is 86.5 Å². The Morgan fingerprint density at radius 3 is 0.913 bits per heavy atom. The van der Waals surface area contributed by atoms with Crippen LogP contribution < -0.4 is 0 Å². The van der Waals surface area contributed by atoms with Crippen molar-refractivity contribution < 1.29 is 21.1 Å². The van der Waals surface area contributed by atoms with Crippen molar-refractivity contribution in [2.75, 3.05) is 26.2 Å². The van der Waals surface area contributed by atoms with Crippen LogP contribution >= 0.6 is 24.4 Å². The molecule has 0 aromatic carbocycles. The molecular weight excluding hydrogens is 485 g/mol. The summed E-state index contributed by atoms with van der Waals surface area (Å²) in [6, 6.07) is 0. The minimum atomic E-state index is 0. The van der Waals surface area contributed by atoms with Gasteiger partial charge in [0.25, 0.3) is 0 Å². The van der Waals surface area contributed by atoms with Crippen molar-refractivity contribution in [3.63, 3.8) is 0 Å². The molecule has 0 saturated carbocycles. The average Bonchev–Trinajstić information content (AvgIpc) is 2.38. The first-order valence-electron chi connectivity index (χ1n) is 7.36. The smallest absolute Gasteiger partial charge is 0.0159 e. The van der Waals surface area contributed by atoms with Crippen molar-refractivity contribution in [3.8, 4) is 0 Å². The molecule has 0 aliphatic carbocycles. The van der Waals surface area contributed by atoms with Crippen molar-refractivity contribution in [3.05, 3.63) is 0 Å². The van der Waals surface area contributed by atoms with Crippen molar-refractivity contribution in [1.82, 2.24) is 9.80 Å². The predicted molar refractivity (Wildman–Crippen MR) is 119 cm³/mol. The van der Waals surface area contributed by atoms with E-state index >= 15 is 0 Å². The third-order valence-electron chi connectivity index (χ3n) is 2.49. The molecule has 0 aliphatic rings. The molecular formula is C14H28MoN2S6-6. The Hall–Kier alpha value is 1.61. The summed E-state index contributed by atoms with van der Waals surface area (Å²) in [5, 5.41) is 0. The number of hydrogen-bond acceptors (Lipinski definition) is 4. The average molecular weight is 513 g/mol. The maximum Gasteiger partial charge on any atom is 0.0159 e. The van der Waals surface area contributed by atoms with Crippen LogP contribution in [0.4, 0.5) is 0 Å². The van der Waals surface area contributed by atoms with Crippen LogP contribution in [0.3, 0.4) is 0 Å². The minimum absolute atomic E-state index is 0. The molecule has 142 valence electrons. The Morgan fingerprint density at radius 1 is 0.652 bits per heavy atom. The van der Waals surface area contributed by atoms with E-state index in [4.69, 9.17) is 49.7 Å². The van der Waals surface area contributed by atoms with E-state index in [1.807, 2.05) is 0 Å². The summed E-state index contributed by atoms with van der Waals surface area (Å²) < 4.78 is 1.23. The number of nitrogens with zero attached hydrogens (tertiary/aromatic N) is 2. The first-order chi connectivity index (χ1) is 9.44. The third-order valence-corrected chi connectivity index (χ3v) is 3.52. The molecule has 0 aliphatic heterocycles. The Morgan fingerprint density at radius 2 is 0.826 bits per heavy atom. The van der Waals surface area contributed by atoms with Crippen LogP contribution in [0, 0.1) is 0 Å². The Balaban J connectivity index is -0.0000000831. The fourth-order valence-corrected chi connectivity index (χ4v) is 2.40. The molecule has 0 N–H and O–H groups in total. The van der Waals surface area contributed by atoms with Gasteiger partial charge in [0, 0.05) is 47.2 Å². The predicted octanol–water partition coefficient (Wildman–Crippen LogP) is 3.87. The van der Waals surface area contributed by atoms with Gasteiger partial charge in [-0.2, -0.15) is 0 Å². The van der Waals surface area contributed by atoms with Gasteiger partial charge in [0.15, 0.2) is 0 Å². The van der Waals surface area contributed by atoms with Crippen LogP contribution in [-0.2, 0) is 73.3 Å². The van der Waals surface area contributed by atoms with E-state index < -0.39 is 0 Å². The van der Waals surface area contributed by atoms with E-state index in [-0.39, 0.29) is 48.1 Å². The van der Waals surface area contributed by atoms with Gasteiger partial charge in [-0.15, -0.1) is 0 Å². The summed E-state index contributed by atoms with van der Waals surface area (Å²) in [4.78, 5) is 4.15. The quantitative estimate of drug-likeness (QED) is 0.275.